The van der Waals surface area contributed by atoms with Crippen molar-refractivity contribution in [2.75, 3.05) is 26.3 Å². The highest BCUT2D eigenvalue weighted by Gasteiger charge is 2.17. The van der Waals surface area contributed by atoms with Crippen LogP contribution in [0.3, 0.4) is 0 Å². The van der Waals surface area contributed by atoms with Crippen molar-refractivity contribution in [3.05, 3.63) is 41.4 Å². The SMILES string of the molecule is O=C(CCc1ncc(-c2ccccc2Cl)o1)N1CCOCC1. The molecule has 1 aromatic carbocycles. The van der Waals surface area contributed by atoms with Gasteiger partial charge in [0.2, 0.25) is 5.91 Å². The average molecular weight is 321 g/mol. The van der Waals surface area contributed by atoms with Gasteiger partial charge in [0.1, 0.15) is 0 Å². The van der Waals surface area contributed by atoms with Gasteiger partial charge in [0, 0.05) is 31.5 Å². The number of carbonyl (C=O) groups excluding carboxylic acids is 1. The quantitative estimate of drug-likeness (QED) is 0.869. The Balaban J connectivity index is 1.60. The van der Waals surface area contributed by atoms with Crippen LogP contribution in [-0.2, 0) is 16.0 Å². The van der Waals surface area contributed by atoms with Crippen molar-refractivity contribution in [1.29, 1.82) is 0 Å². The van der Waals surface area contributed by atoms with Gasteiger partial charge in [0.25, 0.3) is 0 Å². The summed E-state index contributed by atoms with van der Waals surface area (Å²) in [6.07, 6.45) is 2.53. The van der Waals surface area contributed by atoms with Crippen molar-refractivity contribution >= 4 is 17.5 Å². The lowest BCUT2D eigenvalue weighted by Gasteiger charge is -2.26. The lowest BCUT2D eigenvalue weighted by molar-refractivity contribution is -0.135. The van der Waals surface area contributed by atoms with E-state index in [4.69, 9.17) is 20.8 Å². The minimum absolute atomic E-state index is 0.112. The van der Waals surface area contributed by atoms with Crippen LogP contribution in [0, 0.1) is 0 Å². The fourth-order valence-corrected chi connectivity index (χ4v) is 2.62. The number of ether oxygens (including phenoxy) is 1. The Morgan fingerprint density at radius 3 is 2.82 bits per heavy atom. The summed E-state index contributed by atoms with van der Waals surface area (Å²) in [6, 6.07) is 7.45. The lowest BCUT2D eigenvalue weighted by atomic mass is 10.2. The molecular weight excluding hydrogens is 304 g/mol. The van der Waals surface area contributed by atoms with E-state index in [0.29, 0.717) is 55.8 Å². The van der Waals surface area contributed by atoms with Crippen LogP contribution in [-0.4, -0.2) is 42.1 Å². The summed E-state index contributed by atoms with van der Waals surface area (Å²) in [6.45, 7) is 2.55. The largest absolute Gasteiger partial charge is 0.441 e. The number of aryl methyl sites for hydroxylation is 1. The molecule has 0 unspecified atom stereocenters. The van der Waals surface area contributed by atoms with Gasteiger partial charge in [-0.05, 0) is 12.1 Å². The molecule has 2 heterocycles. The smallest absolute Gasteiger partial charge is 0.223 e. The summed E-state index contributed by atoms with van der Waals surface area (Å²) >= 11 is 6.14. The average Bonchev–Trinajstić information content (AvgIpc) is 3.02. The van der Waals surface area contributed by atoms with Crippen LogP contribution in [0.1, 0.15) is 12.3 Å². The van der Waals surface area contributed by atoms with Crippen LogP contribution in [0.2, 0.25) is 5.02 Å². The summed E-state index contributed by atoms with van der Waals surface area (Å²) in [5, 5.41) is 0.620. The Labute approximate surface area is 133 Å². The van der Waals surface area contributed by atoms with Crippen LogP contribution in [0.25, 0.3) is 11.3 Å². The molecule has 116 valence electrons. The first kappa shape index (κ1) is 15.1. The molecule has 1 aromatic heterocycles. The third-order valence-electron chi connectivity index (χ3n) is 3.61. The van der Waals surface area contributed by atoms with E-state index in [9.17, 15) is 4.79 Å². The third kappa shape index (κ3) is 3.48. The molecule has 6 heteroatoms. The van der Waals surface area contributed by atoms with E-state index in [-0.39, 0.29) is 5.91 Å². The highest BCUT2D eigenvalue weighted by Crippen LogP contribution is 2.28. The van der Waals surface area contributed by atoms with E-state index < -0.39 is 0 Å². The fraction of sp³-hybridized carbons (Fsp3) is 0.375. The van der Waals surface area contributed by atoms with E-state index in [1.54, 1.807) is 12.3 Å². The molecule has 0 N–H and O–H groups in total. The molecule has 0 spiro atoms. The summed E-state index contributed by atoms with van der Waals surface area (Å²) in [5.74, 6) is 1.29. The maximum Gasteiger partial charge on any atom is 0.223 e. The minimum atomic E-state index is 0.112. The molecule has 1 amide bonds. The maximum atomic E-state index is 12.1. The van der Waals surface area contributed by atoms with Gasteiger partial charge in [-0.3, -0.25) is 4.79 Å². The predicted octanol–water partition coefficient (Wildman–Crippen LogP) is 2.79. The monoisotopic (exact) mass is 320 g/mol. The zero-order valence-electron chi connectivity index (χ0n) is 12.1. The van der Waals surface area contributed by atoms with Gasteiger partial charge in [0.05, 0.1) is 24.4 Å². The molecule has 1 aliphatic rings. The standard InChI is InChI=1S/C16H17ClN2O3/c17-13-4-2-1-3-12(13)14-11-18-15(22-14)5-6-16(20)19-7-9-21-10-8-19/h1-4,11H,5-10H2. The van der Waals surface area contributed by atoms with Crippen LogP contribution in [0.5, 0.6) is 0 Å². The summed E-state index contributed by atoms with van der Waals surface area (Å²) in [5.41, 5.74) is 0.808. The zero-order chi connectivity index (χ0) is 15.4. The van der Waals surface area contributed by atoms with Crippen molar-refractivity contribution in [3.63, 3.8) is 0 Å². The molecular formula is C16H17ClN2O3. The van der Waals surface area contributed by atoms with E-state index in [2.05, 4.69) is 4.98 Å². The number of amides is 1. The molecule has 1 aliphatic heterocycles. The van der Waals surface area contributed by atoms with Gasteiger partial charge in [-0.25, -0.2) is 4.98 Å². The highest BCUT2D eigenvalue weighted by atomic mass is 35.5. The third-order valence-corrected chi connectivity index (χ3v) is 3.94. The highest BCUT2D eigenvalue weighted by molar-refractivity contribution is 6.33. The fourth-order valence-electron chi connectivity index (χ4n) is 2.40. The van der Waals surface area contributed by atoms with Gasteiger partial charge in [-0.15, -0.1) is 0 Å². The number of hydrogen-bond acceptors (Lipinski definition) is 4. The zero-order valence-corrected chi connectivity index (χ0v) is 12.9. The topological polar surface area (TPSA) is 55.6 Å². The summed E-state index contributed by atoms with van der Waals surface area (Å²) in [7, 11) is 0. The van der Waals surface area contributed by atoms with Crippen molar-refractivity contribution in [2.24, 2.45) is 0 Å². The number of hydrogen-bond donors (Lipinski definition) is 0. The van der Waals surface area contributed by atoms with Gasteiger partial charge in [-0.1, -0.05) is 23.7 Å². The number of benzene rings is 1. The van der Waals surface area contributed by atoms with Crippen molar-refractivity contribution < 1.29 is 13.9 Å². The summed E-state index contributed by atoms with van der Waals surface area (Å²) < 4.78 is 10.9. The second-order valence-corrected chi connectivity index (χ2v) is 5.50. The Morgan fingerprint density at radius 2 is 2.05 bits per heavy atom. The molecule has 0 saturated carbocycles. The van der Waals surface area contributed by atoms with E-state index in [1.807, 2.05) is 23.1 Å². The van der Waals surface area contributed by atoms with E-state index in [0.717, 1.165) is 5.56 Å². The Morgan fingerprint density at radius 1 is 1.27 bits per heavy atom. The summed E-state index contributed by atoms with van der Waals surface area (Å²) in [4.78, 5) is 18.1. The Bertz CT molecular complexity index is 650. The van der Waals surface area contributed by atoms with Crippen molar-refractivity contribution in [3.8, 4) is 11.3 Å². The molecule has 1 saturated heterocycles. The molecule has 0 radical (unpaired) electrons. The number of morpholine rings is 1. The van der Waals surface area contributed by atoms with Gasteiger partial charge < -0.3 is 14.1 Å². The molecule has 1 fully saturated rings. The normalized spacial score (nSPS) is 15.0. The van der Waals surface area contributed by atoms with Gasteiger partial charge >= 0.3 is 0 Å². The number of aromatic nitrogens is 1. The van der Waals surface area contributed by atoms with Gasteiger partial charge in [0.15, 0.2) is 11.7 Å². The first-order valence-electron chi connectivity index (χ1n) is 7.29. The number of oxazole rings is 1. The molecule has 5 nitrogen and oxygen atoms in total. The molecule has 0 atom stereocenters. The Hall–Kier alpha value is -1.85. The first-order valence-corrected chi connectivity index (χ1v) is 7.67. The Kier molecular flexibility index (Phi) is 4.75. The van der Waals surface area contributed by atoms with Gasteiger partial charge in [-0.2, -0.15) is 0 Å². The van der Waals surface area contributed by atoms with Crippen LogP contribution < -0.4 is 0 Å². The van der Waals surface area contributed by atoms with E-state index in [1.165, 1.54) is 0 Å². The number of rotatable bonds is 4. The number of halogens is 1. The van der Waals surface area contributed by atoms with Crippen LogP contribution in [0.4, 0.5) is 0 Å². The van der Waals surface area contributed by atoms with Crippen LogP contribution >= 0.6 is 11.6 Å². The molecule has 2 aromatic rings. The molecule has 22 heavy (non-hydrogen) atoms. The molecule has 0 bridgehead atoms. The first-order chi connectivity index (χ1) is 10.7. The molecule has 3 rings (SSSR count). The number of nitrogens with zero attached hydrogens (tertiary/aromatic N) is 2. The second-order valence-electron chi connectivity index (χ2n) is 5.09. The van der Waals surface area contributed by atoms with Crippen molar-refractivity contribution in [2.45, 2.75) is 12.8 Å². The number of carbonyl (C=O) groups is 1. The van der Waals surface area contributed by atoms with Crippen LogP contribution in [0.15, 0.2) is 34.9 Å². The maximum absolute atomic E-state index is 12.1. The lowest BCUT2D eigenvalue weighted by Crippen LogP contribution is -2.40. The molecule has 0 aliphatic carbocycles. The predicted molar refractivity (Wildman–Crippen MR) is 82.7 cm³/mol. The van der Waals surface area contributed by atoms with Crippen molar-refractivity contribution in [1.82, 2.24) is 9.88 Å². The van der Waals surface area contributed by atoms with E-state index >= 15 is 0 Å². The second kappa shape index (κ2) is 6.94. The minimum Gasteiger partial charge on any atom is -0.441 e.